The molecule has 5 heteroatoms. The first-order valence-corrected chi connectivity index (χ1v) is 7.49. The van der Waals surface area contributed by atoms with Crippen LogP contribution in [0, 0.1) is 0 Å². The third-order valence-electron chi connectivity index (χ3n) is 3.89. The predicted octanol–water partition coefficient (Wildman–Crippen LogP) is 2.05. The number of rotatable bonds is 7. The van der Waals surface area contributed by atoms with E-state index in [0.717, 1.165) is 25.7 Å². The Hall–Kier alpha value is -1.59. The van der Waals surface area contributed by atoms with Crippen LogP contribution >= 0.6 is 0 Å². The number of carboxylic acids is 1. The van der Waals surface area contributed by atoms with E-state index in [4.69, 9.17) is 9.84 Å². The Balaban J connectivity index is 1.71. The summed E-state index contributed by atoms with van der Waals surface area (Å²) in [5.41, 5.74) is -0.416. The lowest BCUT2D eigenvalue weighted by Crippen LogP contribution is -2.43. The Morgan fingerprint density at radius 2 is 1.95 bits per heavy atom. The van der Waals surface area contributed by atoms with Crippen LogP contribution < -0.4 is 10.1 Å². The molecule has 0 saturated heterocycles. The van der Waals surface area contributed by atoms with E-state index in [0.29, 0.717) is 25.4 Å². The molecule has 5 nitrogen and oxygen atoms in total. The van der Waals surface area contributed by atoms with E-state index >= 15 is 0 Å². The number of carboxylic acid groups (broad SMARTS) is 1. The molecule has 21 heavy (non-hydrogen) atoms. The molecule has 1 aliphatic carbocycles. The highest BCUT2D eigenvalue weighted by Gasteiger charge is 2.28. The summed E-state index contributed by atoms with van der Waals surface area (Å²) in [7, 11) is 0. The minimum Gasteiger partial charge on any atom is -0.491 e. The normalized spacial score (nSPS) is 17.4. The molecule has 1 aromatic carbocycles. The fraction of sp³-hybridized carbons (Fsp3) is 0.562. The third kappa shape index (κ3) is 4.72. The minimum atomic E-state index is -0.991. The van der Waals surface area contributed by atoms with Crippen LogP contribution in [0.25, 0.3) is 0 Å². The van der Waals surface area contributed by atoms with Gasteiger partial charge in [-0.1, -0.05) is 31.4 Å². The van der Waals surface area contributed by atoms with Crippen LogP contribution in [0.1, 0.15) is 42.5 Å². The molecule has 1 aliphatic rings. The predicted molar refractivity (Wildman–Crippen MR) is 79.8 cm³/mol. The molecule has 3 N–H and O–H groups in total. The fourth-order valence-electron chi connectivity index (χ4n) is 2.71. The minimum absolute atomic E-state index is 0.170. The monoisotopic (exact) mass is 293 g/mol. The zero-order chi connectivity index (χ0) is 15.1. The molecule has 1 aromatic rings. The molecule has 0 bridgehead atoms. The molecule has 2 rings (SSSR count). The smallest absolute Gasteiger partial charge is 0.339 e. The zero-order valence-corrected chi connectivity index (χ0v) is 12.2. The number of nitrogens with one attached hydrogen (secondary N) is 1. The second-order valence-electron chi connectivity index (χ2n) is 5.61. The summed E-state index contributed by atoms with van der Waals surface area (Å²) in [6, 6.07) is 6.60. The van der Waals surface area contributed by atoms with Gasteiger partial charge in [0.05, 0.1) is 5.60 Å². The number of ether oxygens (including phenoxy) is 1. The van der Waals surface area contributed by atoms with Gasteiger partial charge in [-0.3, -0.25) is 0 Å². The molecule has 0 amide bonds. The van der Waals surface area contributed by atoms with Gasteiger partial charge in [-0.15, -0.1) is 0 Å². The van der Waals surface area contributed by atoms with E-state index in [-0.39, 0.29) is 5.56 Å². The van der Waals surface area contributed by atoms with Gasteiger partial charge >= 0.3 is 5.97 Å². The second-order valence-corrected chi connectivity index (χ2v) is 5.61. The Kier molecular flexibility index (Phi) is 5.59. The highest BCUT2D eigenvalue weighted by Crippen LogP contribution is 2.27. The molecule has 116 valence electrons. The first-order valence-electron chi connectivity index (χ1n) is 7.49. The molecule has 0 radical (unpaired) electrons. The van der Waals surface area contributed by atoms with Crippen molar-refractivity contribution < 1.29 is 19.7 Å². The summed E-state index contributed by atoms with van der Waals surface area (Å²) >= 11 is 0. The van der Waals surface area contributed by atoms with Crippen molar-refractivity contribution in [3.05, 3.63) is 29.8 Å². The summed E-state index contributed by atoms with van der Waals surface area (Å²) in [5.74, 6) is -0.613. The second kappa shape index (κ2) is 7.43. The average molecular weight is 293 g/mol. The number of aromatic carboxylic acids is 1. The highest BCUT2D eigenvalue weighted by atomic mass is 16.5. The third-order valence-corrected chi connectivity index (χ3v) is 3.89. The molecule has 0 heterocycles. The van der Waals surface area contributed by atoms with Gasteiger partial charge < -0.3 is 20.3 Å². The van der Waals surface area contributed by atoms with Crippen LogP contribution in [0.5, 0.6) is 5.75 Å². The van der Waals surface area contributed by atoms with E-state index in [2.05, 4.69) is 5.32 Å². The Morgan fingerprint density at radius 3 is 2.67 bits per heavy atom. The summed E-state index contributed by atoms with van der Waals surface area (Å²) in [6.45, 7) is 1.52. The quantitative estimate of drug-likeness (QED) is 0.671. The van der Waals surface area contributed by atoms with Crippen LogP contribution in [0.3, 0.4) is 0 Å². The molecule has 1 saturated carbocycles. The first-order chi connectivity index (χ1) is 10.1. The molecular formula is C16H23NO4. The van der Waals surface area contributed by atoms with Crippen molar-refractivity contribution in [2.75, 3.05) is 19.7 Å². The van der Waals surface area contributed by atoms with Crippen LogP contribution in [0.4, 0.5) is 0 Å². The average Bonchev–Trinajstić information content (AvgIpc) is 2.48. The number of para-hydroxylation sites is 1. The van der Waals surface area contributed by atoms with Gasteiger partial charge in [-0.25, -0.2) is 4.79 Å². The van der Waals surface area contributed by atoms with Crippen LogP contribution in [-0.2, 0) is 0 Å². The SMILES string of the molecule is O=C(O)c1ccccc1OCCNCC1(O)CCCCC1. The maximum absolute atomic E-state index is 11.0. The van der Waals surface area contributed by atoms with Crippen LogP contribution in [0.15, 0.2) is 24.3 Å². The molecule has 0 spiro atoms. The molecule has 0 unspecified atom stereocenters. The van der Waals surface area contributed by atoms with Crippen molar-refractivity contribution in [3.8, 4) is 5.75 Å². The van der Waals surface area contributed by atoms with Crippen molar-refractivity contribution in [2.45, 2.75) is 37.7 Å². The number of hydrogen-bond acceptors (Lipinski definition) is 4. The maximum atomic E-state index is 11.0. The summed E-state index contributed by atoms with van der Waals surface area (Å²) in [4.78, 5) is 11.0. The lowest BCUT2D eigenvalue weighted by Gasteiger charge is -2.32. The van der Waals surface area contributed by atoms with E-state index in [1.54, 1.807) is 18.2 Å². The first kappa shape index (κ1) is 15.8. The zero-order valence-electron chi connectivity index (χ0n) is 12.2. The van der Waals surface area contributed by atoms with Gasteiger partial charge in [0, 0.05) is 13.1 Å². The van der Waals surface area contributed by atoms with E-state index in [1.165, 1.54) is 12.5 Å². The molecule has 0 atom stereocenters. The molecule has 0 aliphatic heterocycles. The van der Waals surface area contributed by atoms with Crippen molar-refractivity contribution in [1.82, 2.24) is 5.32 Å². The Bertz CT molecular complexity index is 469. The summed E-state index contributed by atoms with van der Waals surface area (Å²) < 4.78 is 5.50. The fourth-order valence-corrected chi connectivity index (χ4v) is 2.71. The van der Waals surface area contributed by atoms with Gasteiger partial charge in [0.1, 0.15) is 17.9 Å². The lowest BCUT2D eigenvalue weighted by molar-refractivity contribution is 0.00457. The molecule has 1 fully saturated rings. The van der Waals surface area contributed by atoms with Crippen molar-refractivity contribution >= 4 is 5.97 Å². The highest BCUT2D eigenvalue weighted by molar-refractivity contribution is 5.90. The van der Waals surface area contributed by atoms with Crippen LogP contribution in [0.2, 0.25) is 0 Å². The molecular weight excluding hydrogens is 270 g/mol. The largest absolute Gasteiger partial charge is 0.491 e. The van der Waals surface area contributed by atoms with Crippen molar-refractivity contribution in [2.24, 2.45) is 0 Å². The number of benzene rings is 1. The lowest BCUT2D eigenvalue weighted by atomic mass is 9.85. The van der Waals surface area contributed by atoms with Crippen molar-refractivity contribution in [3.63, 3.8) is 0 Å². The summed E-state index contributed by atoms with van der Waals surface area (Å²) in [5, 5.41) is 22.6. The maximum Gasteiger partial charge on any atom is 0.339 e. The van der Waals surface area contributed by atoms with E-state index in [1.807, 2.05) is 0 Å². The van der Waals surface area contributed by atoms with Gasteiger partial charge in [0.25, 0.3) is 0 Å². The Morgan fingerprint density at radius 1 is 1.24 bits per heavy atom. The van der Waals surface area contributed by atoms with E-state index in [9.17, 15) is 9.90 Å². The summed E-state index contributed by atoms with van der Waals surface area (Å²) in [6.07, 6.45) is 5.07. The number of aliphatic hydroxyl groups is 1. The molecule has 0 aromatic heterocycles. The number of hydrogen-bond donors (Lipinski definition) is 3. The number of carbonyl (C=O) groups is 1. The van der Waals surface area contributed by atoms with Gasteiger partial charge in [-0.05, 0) is 25.0 Å². The van der Waals surface area contributed by atoms with Gasteiger partial charge in [0.2, 0.25) is 0 Å². The topological polar surface area (TPSA) is 78.8 Å². The van der Waals surface area contributed by atoms with Crippen molar-refractivity contribution in [1.29, 1.82) is 0 Å². The van der Waals surface area contributed by atoms with Gasteiger partial charge in [-0.2, -0.15) is 0 Å². The standard InChI is InChI=1S/C16H23NO4/c18-15(19)13-6-2-3-7-14(13)21-11-10-17-12-16(20)8-4-1-5-9-16/h2-3,6-7,17,20H,1,4-5,8-12H2,(H,18,19). The van der Waals surface area contributed by atoms with E-state index < -0.39 is 11.6 Å². The van der Waals surface area contributed by atoms with Gasteiger partial charge in [0.15, 0.2) is 0 Å². The Labute approximate surface area is 124 Å². The van der Waals surface area contributed by atoms with Crippen LogP contribution in [-0.4, -0.2) is 41.5 Å².